The minimum Gasteiger partial charge on any atom is -0.0897 e. The zero-order valence-electron chi connectivity index (χ0n) is 15.9. The zero-order chi connectivity index (χ0) is 18.4. The van der Waals surface area contributed by atoms with Gasteiger partial charge in [0.25, 0.3) is 0 Å². The predicted octanol–water partition coefficient (Wildman–Crippen LogP) is 6.38. The molecule has 0 saturated carbocycles. The van der Waals surface area contributed by atoms with Crippen LogP contribution in [0.25, 0.3) is 0 Å². The quantitative estimate of drug-likeness (QED) is 0.484. The lowest BCUT2D eigenvalue weighted by Crippen LogP contribution is -2.04. The fourth-order valence-corrected chi connectivity index (χ4v) is 3.68. The summed E-state index contributed by atoms with van der Waals surface area (Å²) in [5.74, 6) is 7.22. The van der Waals surface area contributed by atoms with Gasteiger partial charge in [-0.3, -0.25) is 0 Å². The molecule has 0 saturated heterocycles. The summed E-state index contributed by atoms with van der Waals surface area (Å²) in [7, 11) is 0. The molecule has 0 bridgehead atoms. The molecule has 1 atom stereocenters. The second kappa shape index (κ2) is 8.54. The summed E-state index contributed by atoms with van der Waals surface area (Å²) >= 11 is 0. The van der Waals surface area contributed by atoms with E-state index in [1.807, 2.05) is 18.2 Å². The van der Waals surface area contributed by atoms with Gasteiger partial charge in [-0.05, 0) is 68.0 Å². The third-order valence-corrected chi connectivity index (χ3v) is 4.82. The number of aryl methyl sites for hydroxylation is 4. The van der Waals surface area contributed by atoms with Gasteiger partial charge in [0.15, 0.2) is 0 Å². The van der Waals surface area contributed by atoms with Gasteiger partial charge in [-0.1, -0.05) is 78.1 Å². The van der Waals surface area contributed by atoms with Crippen molar-refractivity contribution >= 4 is 0 Å². The molecule has 0 radical (unpaired) electrons. The standard InChI is InChI=1S/C26H26/c1-20-18-21(2)26(22(3)19-20)25(16-14-23-10-6-4-7-11-23)17-15-24-12-8-5-9-13-24/h4-13,18-19,25H,14,16H2,1-3H3/t25-/m1/s1. The monoisotopic (exact) mass is 338 g/mol. The number of benzene rings is 3. The summed E-state index contributed by atoms with van der Waals surface area (Å²) in [5.41, 5.74) is 7.88. The van der Waals surface area contributed by atoms with Gasteiger partial charge < -0.3 is 0 Å². The summed E-state index contributed by atoms with van der Waals surface area (Å²) < 4.78 is 0. The first-order valence-corrected chi connectivity index (χ1v) is 9.32. The van der Waals surface area contributed by atoms with Crippen LogP contribution < -0.4 is 0 Å². The molecule has 0 amide bonds. The maximum atomic E-state index is 3.57. The zero-order valence-corrected chi connectivity index (χ0v) is 15.9. The van der Waals surface area contributed by atoms with Crippen LogP contribution in [0.2, 0.25) is 0 Å². The van der Waals surface area contributed by atoms with Crippen LogP contribution in [0.15, 0.2) is 72.8 Å². The van der Waals surface area contributed by atoms with Crippen molar-refractivity contribution in [3.63, 3.8) is 0 Å². The molecule has 0 aliphatic carbocycles. The molecule has 0 heteroatoms. The minimum absolute atomic E-state index is 0.246. The van der Waals surface area contributed by atoms with E-state index in [2.05, 4.69) is 87.2 Å². The molecule has 3 aromatic carbocycles. The van der Waals surface area contributed by atoms with Gasteiger partial charge in [-0.15, -0.1) is 0 Å². The van der Waals surface area contributed by atoms with Crippen molar-refractivity contribution < 1.29 is 0 Å². The topological polar surface area (TPSA) is 0 Å². The molecule has 0 N–H and O–H groups in total. The van der Waals surface area contributed by atoms with Crippen LogP contribution in [0, 0.1) is 32.6 Å². The van der Waals surface area contributed by atoms with E-state index < -0.39 is 0 Å². The molecule has 0 nitrogen and oxygen atoms in total. The molecular weight excluding hydrogens is 312 g/mol. The molecule has 0 aliphatic rings. The van der Waals surface area contributed by atoms with Crippen LogP contribution >= 0.6 is 0 Å². The number of hydrogen-bond donors (Lipinski definition) is 0. The molecule has 0 heterocycles. The van der Waals surface area contributed by atoms with Crippen LogP contribution in [-0.2, 0) is 6.42 Å². The highest BCUT2D eigenvalue weighted by Crippen LogP contribution is 2.28. The van der Waals surface area contributed by atoms with E-state index in [1.165, 1.54) is 27.8 Å². The molecule has 0 unspecified atom stereocenters. The third kappa shape index (κ3) is 4.64. The Morgan fingerprint density at radius 1 is 0.769 bits per heavy atom. The van der Waals surface area contributed by atoms with Crippen molar-refractivity contribution in [2.24, 2.45) is 0 Å². The van der Waals surface area contributed by atoms with Gasteiger partial charge in [-0.2, -0.15) is 0 Å². The fraction of sp³-hybridized carbons (Fsp3) is 0.231. The molecular formula is C26H26. The summed E-state index contributed by atoms with van der Waals surface area (Å²) in [6.45, 7) is 6.60. The molecule has 0 aliphatic heterocycles. The van der Waals surface area contributed by atoms with E-state index in [4.69, 9.17) is 0 Å². The Bertz CT molecular complexity index is 885. The lowest BCUT2D eigenvalue weighted by Gasteiger charge is -2.18. The van der Waals surface area contributed by atoms with E-state index in [9.17, 15) is 0 Å². The normalized spacial score (nSPS) is 11.5. The molecule has 26 heavy (non-hydrogen) atoms. The van der Waals surface area contributed by atoms with Crippen LogP contribution in [-0.4, -0.2) is 0 Å². The van der Waals surface area contributed by atoms with Crippen molar-refractivity contribution in [3.8, 4) is 11.8 Å². The highest BCUT2D eigenvalue weighted by molar-refractivity contribution is 5.45. The van der Waals surface area contributed by atoms with Crippen molar-refractivity contribution in [3.05, 3.63) is 106 Å². The van der Waals surface area contributed by atoms with Gasteiger partial charge in [0.1, 0.15) is 0 Å². The van der Waals surface area contributed by atoms with E-state index in [0.29, 0.717) is 0 Å². The average molecular weight is 338 g/mol. The smallest absolute Gasteiger partial charge is 0.0464 e. The summed E-state index contributed by atoms with van der Waals surface area (Å²) in [5, 5.41) is 0. The Balaban J connectivity index is 1.93. The number of rotatable bonds is 4. The highest BCUT2D eigenvalue weighted by Gasteiger charge is 2.15. The van der Waals surface area contributed by atoms with Crippen LogP contribution in [0.5, 0.6) is 0 Å². The van der Waals surface area contributed by atoms with E-state index >= 15 is 0 Å². The number of hydrogen-bond acceptors (Lipinski definition) is 0. The average Bonchev–Trinajstić information content (AvgIpc) is 2.64. The summed E-state index contributed by atoms with van der Waals surface area (Å²) in [6, 6.07) is 25.6. The second-order valence-electron chi connectivity index (χ2n) is 7.02. The van der Waals surface area contributed by atoms with Crippen molar-refractivity contribution in [1.82, 2.24) is 0 Å². The molecule has 3 aromatic rings. The van der Waals surface area contributed by atoms with Crippen molar-refractivity contribution in [1.29, 1.82) is 0 Å². The van der Waals surface area contributed by atoms with E-state index in [0.717, 1.165) is 18.4 Å². The van der Waals surface area contributed by atoms with Crippen molar-refractivity contribution in [2.45, 2.75) is 39.5 Å². The van der Waals surface area contributed by atoms with Gasteiger partial charge in [0, 0.05) is 11.5 Å². The third-order valence-electron chi connectivity index (χ3n) is 4.82. The Kier molecular flexibility index (Phi) is 5.92. The maximum absolute atomic E-state index is 3.57. The first-order chi connectivity index (χ1) is 12.6. The SMILES string of the molecule is Cc1cc(C)c([C@@H](C#Cc2ccccc2)CCc2ccccc2)c(C)c1. The van der Waals surface area contributed by atoms with Crippen LogP contribution in [0.3, 0.4) is 0 Å². The lowest BCUT2D eigenvalue weighted by atomic mass is 9.86. The second-order valence-corrected chi connectivity index (χ2v) is 7.02. The fourth-order valence-electron chi connectivity index (χ4n) is 3.68. The first-order valence-electron chi connectivity index (χ1n) is 9.32. The molecule has 0 spiro atoms. The van der Waals surface area contributed by atoms with Crippen LogP contribution in [0.1, 0.15) is 45.7 Å². The molecule has 3 rings (SSSR count). The van der Waals surface area contributed by atoms with E-state index in [1.54, 1.807) is 0 Å². The Morgan fingerprint density at radius 3 is 1.96 bits per heavy atom. The minimum atomic E-state index is 0.246. The Hall–Kier alpha value is -2.78. The van der Waals surface area contributed by atoms with Gasteiger partial charge in [0.05, 0.1) is 0 Å². The van der Waals surface area contributed by atoms with Gasteiger partial charge in [-0.25, -0.2) is 0 Å². The lowest BCUT2D eigenvalue weighted by molar-refractivity contribution is 0.745. The molecule has 130 valence electrons. The van der Waals surface area contributed by atoms with Crippen LogP contribution in [0.4, 0.5) is 0 Å². The first kappa shape index (κ1) is 18.0. The molecule has 0 aromatic heterocycles. The summed E-state index contributed by atoms with van der Waals surface area (Å²) in [6.07, 6.45) is 2.08. The maximum Gasteiger partial charge on any atom is 0.0464 e. The van der Waals surface area contributed by atoms with Crippen molar-refractivity contribution in [2.75, 3.05) is 0 Å². The summed E-state index contributed by atoms with van der Waals surface area (Å²) in [4.78, 5) is 0. The van der Waals surface area contributed by atoms with Gasteiger partial charge in [0.2, 0.25) is 0 Å². The predicted molar refractivity (Wildman–Crippen MR) is 111 cm³/mol. The van der Waals surface area contributed by atoms with Gasteiger partial charge >= 0.3 is 0 Å². The highest BCUT2D eigenvalue weighted by atomic mass is 14.2. The molecule has 0 fully saturated rings. The Morgan fingerprint density at radius 2 is 1.35 bits per heavy atom. The van der Waals surface area contributed by atoms with E-state index in [-0.39, 0.29) is 5.92 Å². The largest absolute Gasteiger partial charge is 0.0897 e. The Labute approximate surface area is 157 Å².